The number of benzene rings is 1. The highest BCUT2D eigenvalue weighted by atomic mass is 79.9. The van der Waals surface area contributed by atoms with Crippen molar-refractivity contribution < 1.29 is 0 Å². The quantitative estimate of drug-likeness (QED) is 0.799. The number of nitrogens with zero attached hydrogens (tertiary/aromatic N) is 1. The lowest BCUT2D eigenvalue weighted by Crippen LogP contribution is -2.29. The lowest BCUT2D eigenvalue weighted by molar-refractivity contribution is 0.577. The molecule has 1 aromatic carbocycles. The number of piperidine rings is 1. The van der Waals surface area contributed by atoms with Crippen molar-refractivity contribution in [1.82, 2.24) is 0 Å². The second kappa shape index (κ2) is 4.62. The molecule has 15 heavy (non-hydrogen) atoms. The molecule has 0 aromatic heterocycles. The molecule has 2 rings (SSSR count). The molecular weight excluding hydrogens is 275 g/mol. The number of nitrogens with two attached hydrogens (primary N) is 1. The summed E-state index contributed by atoms with van der Waals surface area (Å²) in [7, 11) is 0. The lowest BCUT2D eigenvalue weighted by atomic mass is 10.1. The topological polar surface area (TPSA) is 29.3 Å². The van der Waals surface area contributed by atoms with Crippen molar-refractivity contribution >= 4 is 38.9 Å². The van der Waals surface area contributed by atoms with Crippen LogP contribution in [-0.2, 0) is 0 Å². The average molecular weight is 290 g/mol. The number of nitrogen functional groups attached to an aromatic ring is 1. The standard InChI is InChI=1S/C11H14BrClN2/c12-9-6-8(14)7-10(13)11(9)15-4-2-1-3-5-15/h6-7H,1-5,14H2. The minimum Gasteiger partial charge on any atom is -0.399 e. The van der Waals surface area contributed by atoms with Gasteiger partial charge in [-0.2, -0.15) is 0 Å². The van der Waals surface area contributed by atoms with Gasteiger partial charge >= 0.3 is 0 Å². The van der Waals surface area contributed by atoms with Crippen LogP contribution in [0.1, 0.15) is 19.3 Å². The predicted molar refractivity (Wildman–Crippen MR) is 69.6 cm³/mol. The van der Waals surface area contributed by atoms with E-state index in [0.717, 1.165) is 28.3 Å². The van der Waals surface area contributed by atoms with Gasteiger partial charge in [0.15, 0.2) is 0 Å². The third-order valence-corrected chi connectivity index (χ3v) is 3.60. The molecule has 82 valence electrons. The Morgan fingerprint density at radius 1 is 1.20 bits per heavy atom. The zero-order valence-corrected chi connectivity index (χ0v) is 10.8. The van der Waals surface area contributed by atoms with Gasteiger partial charge in [0.2, 0.25) is 0 Å². The Labute approximate surface area is 104 Å². The molecule has 0 unspecified atom stereocenters. The van der Waals surface area contributed by atoms with Crippen LogP contribution in [0.15, 0.2) is 16.6 Å². The fraction of sp³-hybridized carbons (Fsp3) is 0.455. The molecule has 0 saturated carbocycles. The molecule has 0 atom stereocenters. The number of halogens is 2. The van der Waals surface area contributed by atoms with E-state index in [1.165, 1.54) is 19.3 Å². The van der Waals surface area contributed by atoms with Gasteiger partial charge in [0.05, 0.1) is 10.7 Å². The predicted octanol–water partition coefficient (Wildman–Crippen LogP) is 3.68. The zero-order chi connectivity index (χ0) is 10.8. The third-order valence-electron chi connectivity index (χ3n) is 2.71. The van der Waals surface area contributed by atoms with Crippen molar-refractivity contribution in [3.8, 4) is 0 Å². The summed E-state index contributed by atoms with van der Waals surface area (Å²) >= 11 is 9.74. The minimum atomic E-state index is 0.702. The Hall–Kier alpha value is -0.410. The molecule has 4 heteroatoms. The summed E-state index contributed by atoms with van der Waals surface area (Å²) in [6.45, 7) is 2.17. The van der Waals surface area contributed by atoms with E-state index >= 15 is 0 Å². The molecule has 1 saturated heterocycles. The number of anilines is 2. The maximum Gasteiger partial charge on any atom is 0.0701 e. The Morgan fingerprint density at radius 3 is 2.47 bits per heavy atom. The van der Waals surface area contributed by atoms with Gasteiger partial charge in [-0.15, -0.1) is 0 Å². The second-order valence-corrected chi connectivity index (χ2v) is 5.14. The van der Waals surface area contributed by atoms with E-state index in [-0.39, 0.29) is 0 Å². The van der Waals surface area contributed by atoms with Crippen LogP contribution < -0.4 is 10.6 Å². The highest BCUT2D eigenvalue weighted by Gasteiger charge is 2.16. The van der Waals surface area contributed by atoms with Crippen molar-refractivity contribution in [2.24, 2.45) is 0 Å². The van der Waals surface area contributed by atoms with Crippen molar-refractivity contribution in [2.75, 3.05) is 23.7 Å². The van der Waals surface area contributed by atoms with Gasteiger partial charge < -0.3 is 10.6 Å². The summed E-state index contributed by atoms with van der Waals surface area (Å²) in [5.41, 5.74) is 7.51. The maximum absolute atomic E-state index is 6.22. The number of hydrogen-bond acceptors (Lipinski definition) is 2. The van der Waals surface area contributed by atoms with Crippen LogP contribution in [0.2, 0.25) is 5.02 Å². The van der Waals surface area contributed by atoms with E-state index in [4.69, 9.17) is 17.3 Å². The van der Waals surface area contributed by atoms with Crippen LogP contribution in [0.4, 0.5) is 11.4 Å². The van der Waals surface area contributed by atoms with Crippen LogP contribution in [0.5, 0.6) is 0 Å². The van der Waals surface area contributed by atoms with E-state index in [1.54, 1.807) is 0 Å². The van der Waals surface area contributed by atoms with Crippen molar-refractivity contribution in [2.45, 2.75) is 19.3 Å². The van der Waals surface area contributed by atoms with Crippen LogP contribution in [0, 0.1) is 0 Å². The molecule has 0 aliphatic carbocycles. The molecule has 1 heterocycles. The summed E-state index contributed by atoms with van der Waals surface area (Å²) in [5.74, 6) is 0. The Morgan fingerprint density at radius 2 is 1.87 bits per heavy atom. The molecular formula is C11H14BrClN2. The van der Waals surface area contributed by atoms with Crippen LogP contribution >= 0.6 is 27.5 Å². The minimum absolute atomic E-state index is 0.702. The average Bonchev–Trinajstić information content (AvgIpc) is 2.17. The summed E-state index contributed by atoms with van der Waals surface area (Å²) in [4.78, 5) is 2.33. The Balaban J connectivity index is 2.33. The fourth-order valence-electron chi connectivity index (χ4n) is 2.00. The first-order valence-electron chi connectivity index (χ1n) is 5.18. The maximum atomic E-state index is 6.22. The molecule has 1 aliphatic heterocycles. The van der Waals surface area contributed by atoms with Crippen LogP contribution in [0.25, 0.3) is 0 Å². The van der Waals surface area contributed by atoms with Crippen LogP contribution in [0.3, 0.4) is 0 Å². The number of rotatable bonds is 1. The Bertz CT molecular complexity index is 339. The van der Waals surface area contributed by atoms with Crippen LogP contribution in [-0.4, -0.2) is 13.1 Å². The van der Waals surface area contributed by atoms with Crippen molar-refractivity contribution in [1.29, 1.82) is 0 Å². The van der Waals surface area contributed by atoms with E-state index in [1.807, 2.05) is 12.1 Å². The fourth-order valence-corrected chi connectivity index (χ4v) is 3.19. The van der Waals surface area contributed by atoms with Crippen molar-refractivity contribution in [3.63, 3.8) is 0 Å². The molecule has 1 aromatic rings. The molecule has 0 spiro atoms. The Kier molecular flexibility index (Phi) is 3.42. The SMILES string of the molecule is Nc1cc(Cl)c(N2CCCCC2)c(Br)c1. The highest BCUT2D eigenvalue weighted by molar-refractivity contribution is 9.10. The summed E-state index contributed by atoms with van der Waals surface area (Å²) < 4.78 is 0.995. The van der Waals surface area contributed by atoms with E-state index < -0.39 is 0 Å². The van der Waals surface area contributed by atoms with E-state index in [0.29, 0.717) is 5.69 Å². The van der Waals surface area contributed by atoms with Gasteiger partial charge in [-0.3, -0.25) is 0 Å². The van der Waals surface area contributed by atoms with Gasteiger partial charge in [0.25, 0.3) is 0 Å². The third kappa shape index (κ3) is 2.40. The smallest absolute Gasteiger partial charge is 0.0701 e. The summed E-state index contributed by atoms with van der Waals surface area (Å²) in [6, 6.07) is 3.73. The monoisotopic (exact) mass is 288 g/mol. The summed E-state index contributed by atoms with van der Waals surface area (Å²) in [5, 5.41) is 0.740. The molecule has 0 bridgehead atoms. The summed E-state index contributed by atoms with van der Waals surface area (Å²) in [6.07, 6.45) is 3.81. The molecule has 2 N–H and O–H groups in total. The molecule has 0 amide bonds. The zero-order valence-electron chi connectivity index (χ0n) is 8.47. The van der Waals surface area contributed by atoms with Gasteiger partial charge in [-0.05, 0) is 47.3 Å². The van der Waals surface area contributed by atoms with Gasteiger partial charge in [-0.25, -0.2) is 0 Å². The van der Waals surface area contributed by atoms with E-state index in [2.05, 4.69) is 20.8 Å². The number of hydrogen-bond donors (Lipinski definition) is 1. The first-order valence-corrected chi connectivity index (χ1v) is 6.35. The normalized spacial score (nSPS) is 16.8. The first-order chi connectivity index (χ1) is 7.18. The molecule has 1 aliphatic rings. The van der Waals surface area contributed by atoms with E-state index in [9.17, 15) is 0 Å². The largest absolute Gasteiger partial charge is 0.399 e. The van der Waals surface area contributed by atoms with Gasteiger partial charge in [-0.1, -0.05) is 11.6 Å². The first kappa shape index (κ1) is 11.1. The second-order valence-electron chi connectivity index (χ2n) is 3.88. The molecule has 2 nitrogen and oxygen atoms in total. The highest BCUT2D eigenvalue weighted by Crippen LogP contribution is 2.37. The van der Waals surface area contributed by atoms with Gasteiger partial charge in [0, 0.05) is 23.2 Å². The van der Waals surface area contributed by atoms with Gasteiger partial charge in [0.1, 0.15) is 0 Å². The lowest BCUT2D eigenvalue weighted by Gasteiger charge is -2.30. The van der Waals surface area contributed by atoms with Crippen molar-refractivity contribution in [3.05, 3.63) is 21.6 Å². The molecule has 0 radical (unpaired) electrons. The molecule has 1 fully saturated rings.